The lowest BCUT2D eigenvalue weighted by atomic mass is 10.2. The molecule has 0 atom stereocenters. The van der Waals surface area contributed by atoms with Gasteiger partial charge in [0.25, 0.3) is 5.91 Å². The lowest BCUT2D eigenvalue weighted by Crippen LogP contribution is -2.42. The van der Waals surface area contributed by atoms with Gasteiger partial charge in [0.15, 0.2) is 6.61 Å². The zero-order valence-corrected chi connectivity index (χ0v) is 12.0. The van der Waals surface area contributed by atoms with Crippen molar-refractivity contribution in [2.75, 3.05) is 13.2 Å². The molecule has 4 heteroatoms. The van der Waals surface area contributed by atoms with Crippen LogP contribution in [0.3, 0.4) is 0 Å². The minimum atomic E-state index is -0.317. The first-order valence-electron chi connectivity index (χ1n) is 6.58. The number of carbonyl (C=O) groups is 1. The molecule has 0 N–H and O–H groups in total. The molecule has 1 aromatic rings. The van der Waals surface area contributed by atoms with E-state index in [1.165, 1.54) is 24.3 Å². The van der Waals surface area contributed by atoms with E-state index in [2.05, 4.69) is 13.8 Å². The number of carbonyl (C=O) groups excluding carboxylic acids is 1. The molecular weight excluding hydrogens is 245 g/mol. The van der Waals surface area contributed by atoms with Crippen LogP contribution in [0, 0.1) is 11.7 Å². The Labute approximate surface area is 114 Å². The molecule has 0 unspecified atom stereocenters. The van der Waals surface area contributed by atoms with Crippen LogP contribution in [0.15, 0.2) is 24.3 Å². The maximum absolute atomic E-state index is 12.7. The zero-order valence-electron chi connectivity index (χ0n) is 12.0. The van der Waals surface area contributed by atoms with E-state index in [1.807, 2.05) is 13.8 Å². The molecule has 3 nitrogen and oxygen atoms in total. The van der Waals surface area contributed by atoms with Gasteiger partial charge in [-0.15, -0.1) is 0 Å². The Hall–Kier alpha value is -1.58. The molecule has 0 saturated heterocycles. The first-order valence-corrected chi connectivity index (χ1v) is 6.58. The van der Waals surface area contributed by atoms with Gasteiger partial charge in [-0.3, -0.25) is 4.79 Å². The molecular formula is C15H22FNO2. The minimum absolute atomic E-state index is 0.0173. The van der Waals surface area contributed by atoms with Crippen molar-refractivity contribution in [3.63, 3.8) is 0 Å². The molecule has 19 heavy (non-hydrogen) atoms. The van der Waals surface area contributed by atoms with E-state index < -0.39 is 0 Å². The van der Waals surface area contributed by atoms with Crippen LogP contribution >= 0.6 is 0 Å². The molecule has 1 aromatic carbocycles. The Morgan fingerprint density at radius 3 is 2.26 bits per heavy atom. The Kier molecular flexibility index (Phi) is 5.80. The van der Waals surface area contributed by atoms with Crippen molar-refractivity contribution in [2.45, 2.75) is 33.7 Å². The summed E-state index contributed by atoms with van der Waals surface area (Å²) in [6.07, 6.45) is 0. The van der Waals surface area contributed by atoms with Crippen molar-refractivity contribution >= 4 is 5.91 Å². The number of hydrogen-bond acceptors (Lipinski definition) is 2. The average Bonchev–Trinajstić information content (AvgIpc) is 2.34. The number of ether oxygens (including phenoxy) is 1. The standard InChI is InChI=1S/C15H22FNO2/c1-11(2)9-17(12(3)4)15(18)10-19-14-7-5-13(16)6-8-14/h5-8,11-12H,9-10H2,1-4H3. The summed E-state index contributed by atoms with van der Waals surface area (Å²) in [5, 5.41) is 0. The normalized spacial score (nSPS) is 10.9. The quantitative estimate of drug-likeness (QED) is 0.792. The summed E-state index contributed by atoms with van der Waals surface area (Å²) in [5.41, 5.74) is 0. The topological polar surface area (TPSA) is 29.5 Å². The second kappa shape index (κ2) is 7.12. The third kappa shape index (κ3) is 5.28. The maximum Gasteiger partial charge on any atom is 0.260 e. The fraction of sp³-hybridized carbons (Fsp3) is 0.533. The first kappa shape index (κ1) is 15.5. The number of halogens is 1. The second-order valence-corrected chi connectivity index (χ2v) is 5.28. The van der Waals surface area contributed by atoms with Gasteiger partial charge in [-0.1, -0.05) is 13.8 Å². The van der Waals surface area contributed by atoms with E-state index >= 15 is 0 Å². The van der Waals surface area contributed by atoms with Crippen molar-refractivity contribution in [1.29, 1.82) is 0 Å². The van der Waals surface area contributed by atoms with E-state index in [4.69, 9.17) is 4.74 Å². The minimum Gasteiger partial charge on any atom is -0.484 e. The number of amides is 1. The summed E-state index contributed by atoms with van der Waals surface area (Å²) in [4.78, 5) is 13.9. The van der Waals surface area contributed by atoms with Crippen molar-refractivity contribution < 1.29 is 13.9 Å². The van der Waals surface area contributed by atoms with Gasteiger partial charge in [0.1, 0.15) is 11.6 Å². The fourth-order valence-electron chi connectivity index (χ4n) is 1.75. The van der Waals surface area contributed by atoms with Gasteiger partial charge in [-0.05, 0) is 44.0 Å². The van der Waals surface area contributed by atoms with E-state index in [1.54, 1.807) is 4.90 Å². The van der Waals surface area contributed by atoms with Crippen LogP contribution in [0.5, 0.6) is 5.75 Å². The van der Waals surface area contributed by atoms with E-state index in [-0.39, 0.29) is 24.4 Å². The maximum atomic E-state index is 12.7. The molecule has 0 aliphatic carbocycles. The van der Waals surface area contributed by atoms with Crippen LogP contribution in [0.4, 0.5) is 4.39 Å². The van der Waals surface area contributed by atoms with Gasteiger partial charge in [-0.25, -0.2) is 4.39 Å². The van der Waals surface area contributed by atoms with E-state index in [0.717, 1.165) is 0 Å². The monoisotopic (exact) mass is 267 g/mol. The van der Waals surface area contributed by atoms with Crippen LogP contribution in [0.25, 0.3) is 0 Å². The number of nitrogens with zero attached hydrogens (tertiary/aromatic N) is 1. The van der Waals surface area contributed by atoms with Gasteiger partial charge >= 0.3 is 0 Å². The van der Waals surface area contributed by atoms with Crippen molar-refractivity contribution in [2.24, 2.45) is 5.92 Å². The number of hydrogen-bond donors (Lipinski definition) is 0. The second-order valence-electron chi connectivity index (χ2n) is 5.28. The van der Waals surface area contributed by atoms with Gasteiger partial charge in [-0.2, -0.15) is 0 Å². The van der Waals surface area contributed by atoms with E-state index in [9.17, 15) is 9.18 Å². The van der Waals surface area contributed by atoms with Gasteiger partial charge in [0.2, 0.25) is 0 Å². The summed E-state index contributed by atoms with van der Waals surface area (Å²) in [6, 6.07) is 5.81. The predicted molar refractivity (Wildman–Crippen MR) is 73.6 cm³/mol. The summed E-state index contributed by atoms with van der Waals surface area (Å²) in [6.45, 7) is 8.81. The van der Waals surface area contributed by atoms with E-state index in [0.29, 0.717) is 18.2 Å². The average molecular weight is 267 g/mol. The molecule has 0 radical (unpaired) electrons. The molecule has 0 aromatic heterocycles. The zero-order chi connectivity index (χ0) is 14.4. The van der Waals surface area contributed by atoms with Crippen molar-refractivity contribution in [3.8, 4) is 5.75 Å². The van der Waals surface area contributed by atoms with Crippen LogP contribution in [0.1, 0.15) is 27.7 Å². The number of rotatable bonds is 6. The molecule has 0 saturated carbocycles. The van der Waals surface area contributed by atoms with Gasteiger partial charge in [0.05, 0.1) is 0 Å². The third-order valence-electron chi connectivity index (χ3n) is 2.68. The summed E-state index contributed by atoms with van der Waals surface area (Å²) < 4.78 is 18.1. The molecule has 106 valence electrons. The largest absolute Gasteiger partial charge is 0.484 e. The molecule has 0 bridgehead atoms. The SMILES string of the molecule is CC(C)CN(C(=O)COc1ccc(F)cc1)C(C)C. The Bertz CT molecular complexity index is 401. The Morgan fingerprint density at radius 1 is 1.21 bits per heavy atom. The first-order chi connectivity index (χ1) is 8.90. The Balaban J connectivity index is 2.54. The molecule has 0 aliphatic heterocycles. The lowest BCUT2D eigenvalue weighted by Gasteiger charge is -2.28. The molecule has 1 rings (SSSR count). The molecule has 0 spiro atoms. The van der Waals surface area contributed by atoms with Crippen LogP contribution < -0.4 is 4.74 Å². The Morgan fingerprint density at radius 2 is 1.79 bits per heavy atom. The van der Waals surface area contributed by atoms with Gasteiger partial charge < -0.3 is 9.64 Å². The molecule has 0 aliphatic rings. The van der Waals surface area contributed by atoms with Crippen molar-refractivity contribution in [1.82, 2.24) is 4.90 Å². The highest BCUT2D eigenvalue weighted by atomic mass is 19.1. The number of benzene rings is 1. The summed E-state index contributed by atoms with van der Waals surface area (Å²) in [5.74, 6) is 0.551. The van der Waals surface area contributed by atoms with Crippen molar-refractivity contribution in [3.05, 3.63) is 30.1 Å². The van der Waals surface area contributed by atoms with Crippen LogP contribution in [-0.2, 0) is 4.79 Å². The highest BCUT2D eigenvalue weighted by Gasteiger charge is 2.18. The summed E-state index contributed by atoms with van der Waals surface area (Å²) in [7, 11) is 0. The molecule has 0 heterocycles. The smallest absolute Gasteiger partial charge is 0.260 e. The van der Waals surface area contributed by atoms with Gasteiger partial charge in [0, 0.05) is 12.6 Å². The fourth-order valence-corrected chi connectivity index (χ4v) is 1.75. The third-order valence-corrected chi connectivity index (χ3v) is 2.68. The predicted octanol–water partition coefficient (Wildman–Crippen LogP) is 3.10. The summed E-state index contributed by atoms with van der Waals surface area (Å²) >= 11 is 0. The highest BCUT2D eigenvalue weighted by molar-refractivity contribution is 5.78. The molecule has 1 amide bonds. The lowest BCUT2D eigenvalue weighted by molar-refractivity contribution is -0.135. The van der Waals surface area contributed by atoms with Crippen LogP contribution in [-0.4, -0.2) is 30.0 Å². The highest BCUT2D eigenvalue weighted by Crippen LogP contribution is 2.12. The van der Waals surface area contributed by atoms with Crippen LogP contribution in [0.2, 0.25) is 0 Å². The molecule has 0 fully saturated rings.